The molecule has 2 atom stereocenters. The number of carbonyl (C=O) groups is 1. The monoisotopic (exact) mass is 446 g/mol. The molecule has 1 aromatic rings. The Hall–Kier alpha value is -1.32. The van der Waals surface area contributed by atoms with Crippen LogP contribution in [0.5, 0.6) is 5.75 Å². The zero-order chi connectivity index (χ0) is 18.6. The average Bonchev–Trinajstić information content (AvgIpc) is 2.61. The number of fused-ring (bicyclic) bond motifs is 1. The molecule has 0 aromatic heterocycles. The van der Waals surface area contributed by atoms with Crippen molar-refractivity contribution >= 4 is 32.3 Å². The van der Waals surface area contributed by atoms with Gasteiger partial charge in [-0.1, -0.05) is 18.6 Å². The first-order valence-corrected chi connectivity index (χ1v) is 11.0. The van der Waals surface area contributed by atoms with E-state index in [9.17, 15) is 13.2 Å². The number of rotatable bonds is 5. The highest BCUT2D eigenvalue weighted by molar-refractivity contribution is 9.10. The van der Waals surface area contributed by atoms with Gasteiger partial charge in [-0.25, -0.2) is 4.79 Å². The quantitative estimate of drug-likeness (QED) is 0.747. The van der Waals surface area contributed by atoms with Crippen LogP contribution in [0.15, 0.2) is 28.7 Å². The molecular weight excluding hydrogens is 424 g/mol. The van der Waals surface area contributed by atoms with E-state index in [0.29, 0.717) is 10.5 Å². The van der Waals surface area contributed by atoms with Crippen molar-refractivity contribution in [3.8, 4) is 5.75 Å². The van der Waals surface area contributed by atoms with Gasteiger partial charge in [-0.3, -0.25) is 4.90 Å². The third-order valence-corrected chi connectivity index (χ3v) is 6.37. The second-order valence-corrected chi connectivity index (χ2v) is 8.80. The predicted octanol–water partition coefficient (Wildman–Crippen LogP) is 3.06. The minimum atomic E-state index is -4.30. The van der Waals surface area contributed by atoms with Gasteiger partial charge in [0, 0.05) is 12.0 Å². The van der Waals surface area contributed by atoms with Gasteiger partial charge in [0.2, 0.25) is 0 Å². The van der Waals surface area contributed by atoms with Crippen LogP contribution in [0, 0.1) is 5.92 Å². The normalized spacial score (nSPS) is 23.7. The van der Waals surface area contributed by atoms with Crippen LogP contribution < -0.4 is 8.91 Å². The van der Waals surface area contributed by atoms with Crippen molar-refractivity contribution in [1.29, 1.82) is 0 Å². The molecule has 0 aliphatic carbocycles. The lowest BCUT2D eigenvalue weighted by molar-refractivity contribution is 0.0244. The van der Waals surface area contributed by atoms with Crippen LogP contribution in [-0.4, -0.2) is 45.1 Å². The van der Waals surface area contributed by atoms with E-state index in [2.05, 4.69) is 20.8 Å². The molecule has 2 aliphatic rings. The topological polar surface area (TPSA) is 84.9 Å². The Balaban J connectivity index is 1.51. The van der Waals surface area contributed by atoms with E-state index < -0.39 is 16.4 Å². The van der Waals surface area contributed by atoms with Crippen molar-refractivity contribution in [3.63, 3.8) is 0 Å². The van der Waals surface area contributed by atoms with Gasteiger partial charge in [-0.2, -0.15) is 13.1 Å². The van der Waals surface area contributed by atoms with Crippen LogP contribution in [0.1, 0.15) is 32.1 Å². The summed E-state index contributed by atoms with van der Waals surface area (Å²) in [5, 5.41) is 0. The Bertz CT molecular complexity index is 740. The number of hydrogen-bond donors (Lipinski definition) is 1. The maximum Gasteiger partial charge on any atom is 0.423 e. The molecule has 1 amide bonds. The smallest absolute Gasteiger partial charge is 0.423 e. The van der Waals surface area contributed by atoms with E-state index in [1.54, 1.807) is 22.9 Å². The van der Waals surface area contributed by atoms with E-state index >= 15 is 0 Å². The van der Waals surface area contributed by atoms with Gasteiger partial charge in [0.25, 0.3) is 0 Å². The highest BCUT2D eigenvalue weighted by Gasteiger charge is 2.33. The molecular formula is C17H23BrN2O5S. The number of nitrogens with zero attached hydrogens (tertiary/aromatic N) is 1. The molecule has 1 N–H and O–H groups in total. The van der Waals surface area contributed by atoms with Gasteiger partial charge < -0.3 is 8.92 Å². The first-order valence-electron chi connectivity index (χ1n) is 8.82. The van der Waals surface area contributed by atoms with Crippen LogP contribution in [0.2, 0.25) is 0 Å². The Morgan fingerprint density at radius 2 is 1.96 bits per heavy atom. The van der Waals surface area contributed by atoms with E-state index in [0.717, 1.165) is 32.4 Å². The van der Waals surface area contributed by atoms with Gasteiger partial charge >= 0.3 is 16.4 Å². The van der Waals surface area contributed by atoms with Crippen LogP contribution in [0.3, 0.4) is 0 Å². The lowest BCUT2D eigenvalue weighted by Gasteiger charge is -2.44. The van der Waals surface area contributed by atoms with Gasteiger partial charge in [-0.15, -0.1) is 0 Å². The molecule has 2 unspecified atom stereocenters. The second kappa shape index (κ2) is 8.58. The van der Waals surface area contributed by atoms with Crippen LogP contribution in [-0.2, 0) is 15.0 Å². The summed E-state index contributed by atoms with van der Waals surface area (Å²) < 4.78 is 36.3. The molecule has 0 bridgehead atoms. The van der Waals surface area contributed by atoms with E-state index in [1.807, 2.05) is 0 Å². The molecule has 2 aliphatic heterocycles. The predicted molar refractivity (Wildman–Crippen MR) is 100 cm³/mol. The summed E-state index contributed by atoms with van der Waals surface area (Å²) in [7, 11) is -4.30. The van der Waals surface area contributed by atoms with Crippen molar-refractivity contribution < 1.29 is 22.1 Å². The number of amides is 1. The molecule has 7 nitrogen and oxygen atoms in total. The minimum Gasteiger partial charge on any atom is -0.448 e. The maximum atomic E-state index is 12.0. The summed E-state index contributed by atoms with van der Waals surface area (Å²) in [5.74, 6) is 0.347. The van der Waals surface area contributed by atoms with Gasteiger partial charge in [-0.05, 0) is 66.8 Å². The fourth-order valence-corrected chi connectivity index (χ4v) is 4.90. The summed E-state index contributed by atoms with van der Waals surface area (Å²) in [6.07, 6.45) is 4.58. The highest BCUT2D eigenvalue weighted by Crippen LogP contribution is 2.31. The fraction of sp³-hybridized carbons (Fsp3) is 0.588. The van der Waals surface area contributed by atoms with Crippen molar-refractivity contribution in [3.05, 3.63) is 28.7 Å². The number of piperidine rings is 2. The molecule has 9 heteroatoms. The van der Waals surface area contributed by atoms with Gasteiger partial charge in [0.15, 0.2) is 5.75 Å². The second-order valence-electron chi connectivity index (χ2n) is 6.67. The highest BCUT2D eigenvalue weighted by atomic mass is 79.9. The summed E-state index contributed by atoms with van der Waals surface area (Å²) in [6, 6.07) is 6.91. The Morgan fingerprint density at radius 3 is 2.77 bits per heavy atom. The molecule has 0 spiro atoms. The van der Waals surface area contributed by atoms with Crippen molar-refractivity contribution in [2.24, 2.45) is 5.92 Å². The number of benzene rings is 1. The summed E-state index contributed by atoms with van der Waals surface area (Å²) >= 11 is 3.19. The van der Waals surface area contributed by atoms with Crippen LogP contribution in [0.4, 0.5) is 4.79 Å². The SMILES string of the molecule is O=C(NS(=O)(=O)Oc1ccccc1Br)OCC1CCCN2CCCCC12. The Kier molecular flexibility index (Phi) is 6.42. The number of hydrogen-bond acceptors (Lipinski definition) is 6. The van der Waals surface area contributed by atoms with Gasteiger partial charge in [0.1, 0.15) is 0 Å². The van der Waals surface area contributed by atoms with Crippen molar-refractivity contribution in [1.82, 2.24) is 9.62 Å². The molecule has 0 radical (unpaired) electrons. The molecule has 144 valence electrons. The van der Waals surface area contributed by atoms with E-state index in [-0.39, 0.29) is 18.3 Å². The Morgan fingerprint density at radius 1 is 1.19 bits per heavy atom. The number of carbonyl (C=O) groups excluding carboxylic acids is 1. The van der Waals surface area contributed by atoms with Crippen LogP contribution >= 0.6 is 15.9 Å². The molecule has 0 saturated carbocycles. The van der Waals surface area contributed by atoms with Crippen molar-refractivity contribution in [2.45, 2.75) is 38.1 Å². The summed E-state index contributed by atoms with van der Waals surface area (Å²) in [4.78, 5) is 14.4. The molecule has 2 heterocycles. The maximum absolute atomic E-state index is 12.0. The zero-order valence-electron chi connectivity index (χ0n) is 14.4. The molecule has 3 rings (SSSR count). The first kappa shape index (κ1) is 19.4. The molecule has 26 heavy (non-hydrogen) atoms. The zero-order valence-corrected chi connectivity index (χ0v) is 16.8. The number of halogens is 1. The standard InChI is InChI=1S/C17H23BrN2O5S/c18-14-7-1-2-9-16(14)25-26(22,23)19-17(21)24-12-13-6-5-11-20-10-4-3-8-15(13)20/h1-2,7,9,13,15H,3-6,8,10-12H2,(H,19,21). The van der Waals surface area contributed by atoms with E-state index in [4.69, 9.17) is 8.92 Å². The third-order valence-electron chi connectivity index (χ3n) is 4.90. The van der Waals surface area contributed by atoms with Gasteiger partial charge in [0.05, 0.1) is 11.1 Å². The molecule has 2 fully saturated rings. The number of nitrogens with one attached hydrogen (secondary N) is 1. The lowest BCUT2D eigenvalue weighted by Crippen LogP contribution is -2.49. The summed E-state index contributed by atoms with van der Waals surface area (Å²) in [5.41, 5.74) is 0. The van der Waals surface area contributed by atoms with Crippen molar-refractivity contribution in [2.75, 3.05) is 19.7 Å². The van der Waals surface area contributed by atoms with Crippen LogP contribution in [0.25, 0.3) is 0 Å². The average molecular weight is 447 g/mol. The summed E-state index contributed by atoms with van der Waals surface area (Å²) in [6.45, 7) is 2.42. The first-order chi connectivity index (χ1) is 12.4. The number of ether oxygens (including phenoxy) is 1. The fourth-order valence-electron chi connectivity index (χ4n) is 3.74. The van der Waals surface area contributed by atoms with E-state index in [1.165, 1.54) is 18.9 Å². The number of para-hydroxylation sites is 1. The Labute approximate surface area is 162 Å². The lowest BCUT2D eigenvalue weighted by atomic mass is 9.84. The minimum absolute atomic E-state index is 0.0953. The molecule has 1 aromatic carbocycles. The third kappa shape index (κ3) is 5.11. The molecule has 2 saturated heterocycles. The largest absolute Gasteiger partial charge is 0.448 e.